The Morgan fingerprint density at radius 3 is 0.722 bits per heavy atom. The van der Waals surface area contributed by atoms with Crippen LogP contribution < -0.4 is 18.9 Å². The van der Waals surface area contributed by atoms with Crippen molar-refractivity contribution in [3.8, 4) is 101 Å². The summed E-state index contributed by atoms with van der Waals surface area (Å²) in [5.41, 5.74) is 18.4. The summed E-state index contributed by atoms with van der Waals surface area (Å²) < 4.78 is 45.8. The maximum atomic E-state index is 6.39. The van der Waals surface area contributed by atoms with Crippen molar-refractivity contribution in [2.45, 2.75) is 158 Å². The monoisotopic (exact) mass is 1240 g/mol. The normalized spacial score (nSPS) is 12.9. The molecule has 2 aromatic heterocycles. The molecule has 0 amide bonds. The van der Waals surface area contributed by atoms with E-state index in [1.807, 2.05) is 0 Å². The maximum Gasteiger partial charge on any atom is 0.119 e. The van der Waals surface area contributed by atoms with Gasteiger partial charge in [0.15, 0.2) is 0 Å². The van der Waals surface area contributed by atoms with E-state index in [0.717, 1.165) is 175 Å². The number of benzene rings is 8. The van der Waals surface area contributed by atoms with Gasteiger partial charge in [-0.15, -0.1) is 0 Å². The molecule has 10 aromatic rings. The average Bonchev–Trinajstić information content (AvgIpc) is 1.55. The van der Waals surface area contributed by atoms with Gasteiger partial charge in [0, 0.05) is 22.3 Å². The average molecular weight is 1240 g/mol. The Bertz CT molecular complexity index is 3400. The fourth-order valence-corrected chi connectivity index (χ4v) is 13.4. The summed E-state index contributed by atoms with van der Waals surface area (Å²) >= 11 is 2.49. The highest BCUT2D eigenvalue weighted by molar-refractivity contribution is 7.00. The van der Waals surface area contributed by atoms with Gasteiger partial charge in [-0.3, -0.25) is 0 Å². The van der Waals surface area contributed by atoms with Gasteiger partial charge in [-0.2, -0.15) is 17.5 Å². The van der Waals surface area contributed by atoms with Crippen molar-refractivity contribution in [2.24, 2.45) is 23.7 Å². The van der Waals surface area contributed by atoms with Crippen LogP contribution in [0.4, 0.5) is 0 Å². The van der Waals surface area contributed by atoms with Crippen molar-refractivity contribution >= 4 is 45.5 Å². The summed E-state index contributed by atoms with van der Waals surface area (Å²) in [5, 5.41) is 0. The number of hydrogen-bond acceptors (Lipinski definition) is 10. The fourth-order valence-electron chi connectivity index (χ4n) is 12.3. The minimum atomic E-state index is 0.558. The molecule has 0 aliphatic heterocycles. The molecule has 8 aromatic carbocycles. The van der Waals surface area contributed by atoms with E-state index in [0.29, 0.717) is 23.7 Å². The molecule has 90 heavy (non-hydrogen) atoms. The van der Waals surface area contributed by atoms with Crippen molar-refractivity contribution in [1.29, 1.82) is 0 Å². The SMILES string of the molecule is CCCCC(CC)COc1ccc(-c2cc(-c3ccc(OCC(CC)CCCC)cc3)cc(-c3ccc(-c4ccc(-c5cc(-c6ccc(OCC(CC)CCCC)cc6)cc(-c6ccc(OCC(CC)CCCC)cc6)c5)c5nsnc45)c4nsnc34)c2)cc1. The van der Waals surface area contributed by atoms with Crippen molar-refractivity contribution in [2.75, 3.05) is 26.4 Å². The number of unbranched alkanes of at least 4 members (excludes halogenated alkanes) is 4. The lowest BCUT2D eigenvalue weighted by atomic mass is 9.90. The van der Waals surface area contributed by atoms with Gasteiger partial charge in [0.05, 0.1) is 49.9 Å². The predicted molar refractivity (Wildman–Crippen MR) is 382 cm³/mol. The van der Waals surface area contributed by atoms with Gasteiger partial charge >= 0.3 is 0 Å². The van der Waals surface area contributed by atoms with Gasteiger partial charge in [0.25, 0.3) is 0 Å². The largest absolute Gasteiger partial charge is 0.493 e. The molecule has 0 radical (unpaired) electrons. The zero-order valence-corrected chi connectivity index (χ0v) is 56.3. The molecule has 470 valence electrons. The molecule has 0 spiro atoms. The van der Waals surface area contributed by atoms with E-state index in [-0.39, 0.29) is 0 Å². The molecule has 0 fully saturated rings. The summed E-state index contributed by atoms with van der Waals surface area (Å²) in [6.45, 7) is 21.1. The second-order valence-corrected chi connectivity index (χ2v) is 25.9. The summed E-state index contributed by atoms with van der Waals surface area (Å²) in [6, 6.07) is 57.1. The molecule has 4 atom stereocenters. The van der Waals surface area contributed by atoms with Crippen molar-refractivity contribution in [1.82, 2.24) is 17.5 Å². The number of fused-ring (bicyclic) bond motifs is 2. The van der Waals surface area contributed by atoms with Gasteiger partial charge in [0.2, 0.25) is 0 Å². The Balaban J connectivity index is 0.989. The first-order chi connectivity index (χ1) is 44.2. The molecule has 0 saturated heterocycles. The van der Waals surface area contributed by atoms with Gasteiger partial charge in [-0.25, -0.2) is 0 Å². The molecule has 0 bridgehead atoms. The van der Waals surface area contributed by atoms with E-state index < -0.39 is 0 Å². The summed E-state index contributed by atoms with van der Waals surface area (Å²) in [4.78, 5) is 0. The molecular formula is C80H94N4O4S2. The molecule has 0 aliphatic carbocycles. The van der Waals surface area contributed by atoms with E-state index >= 15 is 0 Å². The zero-order chi connectivity index (χ0) is 62.6. The van der Waals surface area contributed by atoms with Crippen molar-refractivity contribution in [3.05, 3.63) is 158 Å². The van der Waals surface area contributed by atoms with Gasteiger partial charge in [-0.1, -0.05) is 205 Å². The van der Waals surface area contributed by atoms with Gasteiger partial charge in [0.1, 0.15) is 45.1 Å². The highest BCUT2D eigenvalue weighted by Gasteiger charge is 2.22. The van der Waals surface area contributed by atoms with Crippen LogP contribution in [0, 0.1) is 23.7 Å². The second kappa shape index (κ2) is 33.1. The standard InChI is InChI=1S/C80H94N4O4S2/c1-9-17-21-55(13-5)51-85-69-33-25-59(26-34-69)63-45-64(60-27-35-70(36-28-60)86-52-56(14-6)22-18-10-2)48-67(47-63)73-41-43-75(79-77(73)81-89-83-79)76-44-42-74(78-80(76)84-90-82-78)68-49-65(61-29-37-71(38-30-61)87-53-57(15-7)23-19-11-3)46-66(50-68)62-31-39-72(40-32-62)88-54-58(16-8)24-20-12-4/h25-50,55-58H,9-24,51-54H2,1-8H3. The Morgan fingerprint density at radius 2 is 0.489 bits per heavy atom. The fraction of sp³-hybridized carbons (Fsp3) is 0.400. The molecule has 4 unspecified atom stereocenters. The lowest BCUT2D eigenvalue weighted by Crippen LogP contribution is -2.11. The zero-order valence-electron chi connectivity index (χ0n) is 54.7. The maximum absolute atomic E-state index is 6.39. The van der Waals surface area contributed by atoms with E-state index in [1.165, 1.54) is 101 Å². The van der Waals surface area contributed by atoms with E-state index in [2.05, 4.69) is 213 Å². The first kappa shape index (κ1) is 65.5. The Kier molecular flexibility index (Phi) is 24.1. The second-order valence-electron chi connectivity index (χ2n) is 24.8. The Hall–Kier alpha value is -7.40. The van der Waals surface area contributed by atoms with Crippen molar-refractivity contribution < 1.29 is 18.9 Å². The first-order valence-corrected chi connectivity index (χ1v) is 35.4. The van der Waals surface area contributed by atoms with E-state index in [9.17, 15) is 0 Å². The molecule has 0 saturated carbocycles. The molecule has 10 heteroatoms. The molecular weight excluding hydrogens is 1150 g/mol. The van der Waals surface area contributed by atoms with Crippen LogP contribution in [-0.2, 0) is 0 Å². The third-order valence-corrected chi connectivity index (χ3v) is 19.5. The van der Waals surface area contributed by atoms with Crippen LogP contribution >= 0.6 is 23.5 Å². The quantitative estimate of drug-likeness (QED) is 0.0388. The van der Waals surface area contributed by atoms with Crippen LogP contribution in [0.25, 0.3) is 100.0 Å². The lowest BCUT2D eigenvalue weighted by molar-refractivity contribution is 0.233. The lowest BCUT2D eigenvalue weighted by Gasteiger charge is -2.17. The van der Waals surface area contributed by atoms with E-state index in [1.54, 1.807) is 0 Å². The molecule has 0 aliphatic rings. The third kappa shape index (κ3) is 16.8. The van der Waals surface area contributed by atoms with Gasteiger partial charge < -0.3 is 18.9 Å². The molecule has 2 heterocycles. The number of rotatable bonds is 35. The smallest absolute Gasteiger partial charge is 0.119 e. The Morgan fingerprint density at radius 1 is 0.267 bits per heavy atom. The van der Waals surface area contributed by atoms with Crippen LogP contribution in [0.2, 0.25) is 0 Å². The van der Waals surface area contributed by atoms with Crippen molar-refractivity contribution in [3.63, 3.8) is 0 Å². The molecule has 8 nitrogen and oxygen atoms in total. The summed E-state index contributed by atoms with van der Waals surface area (Å²) in [6.07, 6.45) is 19.0. The van der Waals surface area contributed by atoms with Crippen LogP contribution in [0.15, 0.2) is 158 Å². The topological polar surface area (TPSA) is 88.5 Å². The van der Waals surface area contributed by atoms with Crippen LogP contribution in [0.1, 0.15) is 158 Å². The molecule has 10 rings (SSSR count). The van der Waals surface area contributed by atoms with Crippen LogP contribution in [0.3, 0.4) is 0 Å². The minimum absolute atomic E-state index is 0.558. The third-order valence-electron chi connectivity index (χ3n) is 18.5. The number of hydrogen-bond donors (Lipinski definition) is 0. The number of nitrogens with zero attached hydrogens (tertiary/aromatic N) is 4. The van der Waals surface area contributed by atoms with Gasteiger partial charge in [-0.05, 0) is 190 Å². The predicted octanol–water partition coefficient (Wildman–Crippen LogP) is 23.7. The molecule has 0 N–H and O–H groups in total. The summed E-state index contributed by atoms with van der Waals surface area (Å²) in [7, 11) is 0. The Labute approximate surface area is 545 Å². The minimum Gasteiger partial charge on any atom is -0.493 e. The highest BCUT2D eigenvalue weighted by atomic mass is 32.1. The van der Waals surface area contributed by atoms with Crippen LogP contribution in [0.5, 0.6) is 23.0 Å². The van der Waals surface area contributed by atoms with Crippen LogP contribution in [-0.4, -0.2) is 43.9 Å². The van der Waals surface area contributed by atoms with E-state index in [4.69, 9.17) is 36.4 Å². The number of aromatic nitrogens is 4. The highest BCUT2D eigenvalue weighted by Crippen LogP contribution is 2.44. The number of ether oxygens (including phenoxy) is 4. The first-order valence-electron chi connectivity index (χ1n) is 34.0. The summed E-state index contributed by atoms with van der Waals surface area (Å²) in [5.74, 6) is 5.83.